The van der Waals surface area contributed by atoms with E-state index >= 15 is 0 Å². The number of nitrogens with zero attached hydrogens (tertiary/aromatic N) is 1. The molecular weight excluding hydrogens is 266 g/mol. The summed E-state index contributed by atoms with van der Waals surface area (Å²) in [6.45, 7) is 8.26. The van der Waals surface area contributed by atoms with E-state index in [4.69, 9.17) is 0 Å². The van der Waals surface area contributed by atoms with Gasteiger partial charge in [0, 0.05) is 29.3 Å². The van der Waals surface area contributed by atoms with Gasteiger partial charge in [-0.2, -0.15) is 0 Å². The molecule has 1 aromatic rings. The molecule has 3 heteroatoms. The summed E-state index contributed by atoms with van der Waals surface area (Å²) in [5.74, 6) is 0.0704. The van der Waals surface area contributed by atoms with Crippen LogP contribution in [-0.4, -0.2) is 19.4 Å². The molecule has 0 aliphatic rings. The predicted molar refractivity (Wildman–Crippen MR) is 72.2 cm³/mol. The van der Waals surface area contributed by atoms with Crippen molar-refractivity contribution in [3.05, 3.63) is 40.4 Å². The minimum Gasteiger partial charge on any atom is -0.371 e. The molecule has 2 nitrogen and oxygen atoms in total. The third-order valence-corrected chi connectivity index (χ3v) is 2.94. The summed E-state index contributed by atoms with van der Waals surface area (Å²) >= 11 is 3.41. The van der Waals surface area contributed by atoms with Gasteiger partial charge in [0.25, 0.3) is 0 Å². The number of benzene rings is 1. The number of rotatable bonds is 4. The van der Waals surface area contributed by atoms with Gasteiger partial charge in [0.15, 0.2) is 5.78 Å². The second-order valence-corrected chi connectivity index (χ2v) is 4.89. The molecule has 0 aliphatic carbocycles. The number of likely N-dealkylation sites (N-methyl/N-ethyl adjacent to an activating group) is 1. The Morgan fingerprint density at radius 2 is 2.06 bits per heavy atom. The van der Waals surface area contributed by atoms with Gasteiger partial charge < -0.3 is 4.90 Å². The number of anilines is 1. The van der Waals surface area contributed by atoms with E-state index in [1.807, 2.05) is 32.2 Å². The second kappa shape index (κ2) is 5.30. The Kier molecular flexibility index (Phi) is 4.30. The van der Waals surface area contributed by atoms with Crippen LogP contribution in [-0.2, 0) is 0 Å². The lowest BCUT2D eigenvalue weighted by atomic mass is 10.1. The van der Waals surface area contributed by atoms with E-state index < -0.39 is 0 Å². The third-order valence-electron chi connectivity index (χ3n) is 2.28. The average molecular weight is 282 g/mol. The smallest absolute Gasteiger partial charge is 0.160 e. The Morgan fingerprint density at radius 3 is 2.50 bits per heavy atom. The molecule has 0 radical (unpaired) electrons. The standard InChI is InChI=1S/C13H16BrNO/c1-9(2)8-15(4)11-5-6-12(10(3)16)13(14)7-11/h5-7H,1,8H2,2-4H3. The maximum atomic E-state index is 11.3. The molecule has 86 valence electrons. The van der Waals surface area contributed by atoms with Crippen molar-refractivity contribution in [3.63, 3.8) is 0 Å². The van der Waals surface area contributed by atoms with Gasteiger partial charge in [-0.1, -0.05) is 12.2 Å². The lowest BCUT2D eigenvalue weighted by molar-refractivity contribution is 0.101. The summed E-state index contributed by atoms with van der Waals surface area (Å²) in [5, 5.41) is 0. The minimum atomic E-state index is 0.0704. The normalized spacial score (nSPS) is 10.0. The number of ketones is 1. The van der Waals surface area contributed by atoms with Gasteiger partial charge in [0.05, 0.1) is 0 Å². The van der Waals surface area contributed by atoms with Crippen LogP contribution >= 0.6 is 15.9 Å². The first-order valence-corrected chi connectivity index (χ1v) is 5.87. The van der Waals surface area contributed by atoms with Gasteiger partial charge in [-0.3, -0.25) is 4.79 Å². The van der Waals surface area contributed by atoms with Crippen LogP contribution in [0.5, 0.6) is 0 Å². The first-order chi connectivity index (χ1) is 7.41. The quantitative estimate of drug-likeness (QED) is 0.620. The van der Waals surface area contributed by atoms with Crippen LogP contribution in [0.25, 0.3) is 0 Å². The van der Waals surface area contributed by atoms with Crippen LogP contribution in [0.15, 0.2) is 34.8 Å². The molecule has 0 bridgehead atoms. The number of halogens is 1. The minimum absolute atomic E-state index is 0.0704. The van der Waals surface area contributed by atoms with Crippen LogP contribution in [0, 0.1) is 0 Å². The summed E-state index contributed by atoms with van der Waals surface area (Å²) < 4.78 is 0.839. The zero-order valence-electron chi connectivity index (χ0n) is 9.88. The molecule has 0 heterocycles. The molecule has 0 unspecified atom stereocenters. The highest BCUT2D eigenvalue weighted by Gasteiger charge is 2.08. The van der Waals surface area contributed by atoms with E-state index in [1.54, 1.807) is 6.92 Å². The Bertz CT molecular complexity index is 426. The number of hydrogen-bond acceptors (Lipinski definition) is 2. The maximum absolute atomic E-state index is 11.3. The maximum Gasteiger partial charge on any atom is 0.160 e. The molecular formula is C13H16BrNO. The Labute approximate surface area is 105 Å². The van der Waals surface area contributed by atoms with Crippen molar-refractivity contribution in [2.75, 3.05) is 18.5 Å². The molecule has 0 fully saturated rings. The molecule has 0 spiro atoms. The lowest BCUT2D eigenvalue weighted by Gasteiger charge is -2.20. The van der Waals surface area contributed by atoms with Crippen molar-refractivity contribution in [1.82, 2.24) is 0 Å². The van der Waals surface area contributed by atoms with Crippen LogP contribution in [0.2, 0.25) is 0 Å². The van der Waals surface area contributed by atoms with Crippen LogP contribution in [0.1, 0.15) is 24.2 Å². The Morgan fingerprint density at radius 1 is 1.44 bits per heavy atom. The van der Waals surface area contributed by atoms with Gasteiger partial charge in [0.2, 0.25) is 0 Å². The number of Topliss-reactive ketones (excluding diaryl/α,β-unsaturated/α-hetero) is 1. The molecule has 0 amide bonds. The van der Waals surface area contributed by atoms with Crippen LogP contribution in [0.3, 0.4) is 0 Å². The monoisotopic (exact) mass is 281 g/mol. The van der Waals surface area contributed by atoms with Gasteiger partial charge in [-0.15, -0.1) is 0 Å². The van der Waals surface area contributed by atoms with Crippen LogP contribution in [0.4, 0.5) is 5.69 Å². The van der Waals surface area contributed by atoms with Crippen molar-refractivity contribution in [3.8, 4) is 0 Å². The molecule has 0 aromatic heterocycles. The van der Waals surface area contributed by atoms with Crippen molar-refractivity contribution in [2.24, 2.45) is 0 Å². The summed E-state index contributed by atoms with van der Waals surface area (Å²) in [6, 6.07) is 5.75. The van der Waals surface area contributed by atoms with Crippen LogP contribution < -0.4 is 4.90 Å². The fraction of sp³-hybridized carbons (Fsp3) is 0.308. The van der Waals surface area contributed by atoms with E-state index in [9.17, 15) is 4.79 Å². The Balaban J connectivity index is 2.96. The first-order valence-electron chi connectivity index (χ1n) is 5.08. The van der Waals surface area contributed by atoms with Gasteiger partial charge in [-0.25, -0.2) is 0 Å². The summed E-state index contributed by atoms with van der Waals surface area (Å²) in [5.41, 5.74) is 2.89. The SMILES string of the molecule is C=C(C)CN(C)c1ccc(C(C)=O)c(Br)c1. The average Bonchev–Trinajstić information content (AvgIpc) is 2.15. The highest BCUT2D eigenvalue weighted by molar-refractivity contribution is 9.10. The fourth-order valence-electron chi connectivity index (χ4n) is 1.52. The van der Waals surface area contributed by atoms with E-state index in [0.29, 0.717) is 5.56 Å². The summed E-state index contributed by atoms with van der Waals surface area (Å²) in [7, 11) is 2.00. The Hall–Kier alpha value is -1.09. The fourth-order valence-corrected chi connectivity index (χ4v) is 2.17. The number of carbonyl (C=O) groups excluding carboxylic acids is 1. The second-order valence-electron chi connectivity index (χ2n) is 4.03. The van der Waals surface area contributed by atoms with E-state index in [0.717, 1.165) is 22.3 Å². The van der Waals surface area contributed by atoms with Gasteiger partial charge in [0.1, 0.15) is 0 Å². The molecule has 1 aromatic carbocycles. The highest BCUT2D eigenvalue weighted by Crippen LogP contribution is 2.24. The molecule has 0 saturated carbocycles. The van der Waals surface area contributed by atoms with E-state index in [2.05, 4.69) is 27.4 Å². The molecule has 16 heavy (non-hydrogen) atoms. The van der Waals surface area contributed by atoms with Crippen molar-refractivity contribution in [1.29, 1.82) is 0 Å². The molecule has 0 atom stereocenters. The molecule has 0 N–H and O–H groups in total. The van der Waals surface area contributed by atoms with Crippen molar-refractivity contribution >= 4 is 27.4 Å². The first kappa shape index (κ1) is 13.0. The largest absolute Gasteiger partial charge is 0.371 e. The molecule has 1 rings (SSSR count). The zero-order valence-corrected chi connectivity index (χ0v) is 11.5. The zero-order chi connectivity index (χ0) is 12.3. The summed E-state index contributed by atoms with van der Waals surface area (Å²) in [4.78, 5) is 13.4. The third kappa shape index (κ3) is 3.20. The molecule has 0 saturated heterocycles. The molecule has 0 aliphatic heterocycles. The number of hydrogen-bond donors (Lipinski definition) is 0. The van der Waals surface area contributed by atoms with E-state index in [1.165, 1.54) is 0 Å². The highest BCUT2D eigenvalue weighted by atomic mass is 79.9. The topological polar surface area (TPSA) is 20.3 Å². The van der Waals surface area contributed by atoms with E-state index in [-0.39, 0.29) is 5.78 Å². The lowest BCUT2D eigenvalue weighted by Crippen LogP contribution is -2.19. The van der Waals surface area contributed by atoms with Crippen molar-refractivity contribution < 1.29 is 4.79 Å². The predicted octanol–water partition coefficient (Wildman–Crippen LogP) is 3.66. The van der Waals surface area contributed by atoms with Gasteiger partial charge in [-0.05, 0) is 48.0 Å². The number of carbonyl (C=O) groups is 1. The van der Waals surface area contributed by atoms with Gasteiger partial charge >= 0.3 is 0 Å². The van der Waals surface area contributed by atoms with Crippen molar-refractivity contribution in [2.45, 2.75) is 13.8 Å². The summed E-state index contributed by atoms with van der Waals surface area (Å²) in [6.07, 6.45) is 0.